The summed E-state index contributed by atoms with van der Waals surface area (Å²) in [6, 6.07) is 0. The normalized spacial score (nSPS) is 21.8. The second-order valence-electron chi connectivity index (χ2n) is 6.36. The molecule has 1 aliphatic carbocycles. The Morgan fingerprint density at radius 3 is 2.17 bits per heavy atom. The van der Waals surface area contributed by atoms with Gasteiger partial charge in [-0.2, -0.15) is 0 Å². The van der Waals surface area contributed by atoms with Gasteiger partial charge in [-0.05, 0) is 24.3 Å². The molecule has 0 aliphatic heterocycles. The zero-order valence-electron chi connectivity index (χ0n) is 13.8. The summed E-state index contributed by atoms with van der Waals surface area (Å²) in [7, 11) is 1.46. The molecule has 2 atom stereocenters. The van der Waals surface area contributed by atoms with Crippen molar-refractivity contribution in [2.45, 2.75) is 27.4 Å². The van der Waals surface area contributed by atoms with Crippen molar-refractivity contribution in [2.75, 3.05) is 7.11 Å². The van der Waals surface area contributed by atoms with Crippen molar-refractivity contribution in [1.82, 2.24) is 0 Å². The zero-order valence-corrected chi connectivity index (χ0v) is 13.8. The van der Waals surface area contributed by atoms with Crippen LogP contribution in [0.2, 0.25) is 0 Å². The van der Waals surface area contributed by atoms with Crippen LogP contribution in [-0.2, 0) is 20.9 Å². The minimum Gasteiger partial charge on any atom is -0.505 e. The van der Waals surface area contributed by atoms with E-state index in [1.165, 1.54) is 13.4 Å². The molecule has 24 heavy (non-hydrogen) atoms. The summed E-state index contributed by atoms with van der Waals surface area (Å²) >= 11 is 0. The lowest BCUT2D eigenvalue weighted by atomic mass is 10.1. The van der Waals surface area contributed by atoms with Crippen molar-refractivity contribution in [3.8, 4) is 0 Å². The van der Waals surface area contributed by atoms with E-state index in [1.807, 2.05) is 13.8 Å². The van der Waals surface area contributed by atoms with Crippen LogP contribution in [-0.4, -0.2) is 13.1 Å². The van der Waals surface area contributed by atoms with Crippen molar-refractivity contribution in [3.05, 3.63) is 46.7 Å². The molecule has 1 fully saturated rings. The maximum atomic E-state index is 13.8. The van der Waals surface area contributed by atoms with Gasteiger partial charge in [-0.1, -0.05) is 13.8 Å². The Morgan fingerprint density at radius 1 is 1.12 bits per heavy atom. The maximum Gasteiger partial charge on any atom is 0.310 e. The SMILES string of the molecule is COC=C[C@H]1[C@H](C(=O)OCc2c(F)c(F)c(C)c(F)c2F)C1(C)C. The van der Waals surface area contributed by atoms with Crippen LogP contribution < -0.4 is 0 Å². The molecule has 0 spiro atoms. The van der Waals surface area contributed by atoms with Gasteiger partial charge in [0, 0.05) is 5.56 Å². The molecule has 0 aromatic heterocycles. The number of carbonyl (C=O) groups excluding carboxylic acids is 1. The van der Waals surface area contributed by atoms with Crippen LogP contribution in [0, 0.1) is 47.4 Å². The number of benzene rings is 1. The van der Waals surface area contributed by atoms with Gasteiger partial charge in [-0.25, -0.2) is 17.6 Å². The van der Waals surface area contributed by atoms with E-state index in [2.05, 4.69) is 0 Å². The van der Waals surface area contributed by atoms with Crippen molar-refractivity contribution in [1.29, 1.82) is 0 Å². The van der Waals surface area contributed by atoms with Gasteiger partial charge in [0.15, 0.2) is 23.3 Å². The first-order chi connectivity index (χ1) is 11.1. The van der Waals surface area contributed by atoms with Crippen molar-refractivity contribution in [3.63, 3.8) is 0 Å². The number of halogens is 4. The van der Waals surface area contributed by atoms with E-state index in [0.29, 0.717) is 0 Å². The maximum absolute atomic E-state index is 13.8. The van der Waals surface area contributed by atoms with Crippen molar-refractivity contribution >= 4 is 5.97 Å². The molecule has 1 aromatic rings. The summed E-state index contributed by atoms with van der Waals surface area (Å²) in [4.78, 5) is 12.1. The topological polar surface area (TPSA) is 35.5 Å². The minimum atomic E-state index is -1.55. The first kappa shape index (κ1) is 18.3. The Balaban J connectivity index is 2.13. The van der Waals surface area contributed by atoms with Crippen LogP contribution in [0.1, 0.15) is 25.0 Å². The summed E-state index contributed by atoms with van der Waals surface area (Å²) in [6.45, 7) is 3.70. The molecule has 0 bridgehead atoms. The minimum absolute atomic E-state index is 0.147. The summed E-state index contributed by atoms with van der Waals surface area (Å²) < 4.78 is 64.2. The summed E-state index contributed by atoms with van der Waals surface area (Å²) in [5.41, 5.74) is -2.09. The number of esters is 1. The van der Waals surface area contributed by atoms with Gasteiger partial charge in [-0.3, -0.25) is 4.79 Å². The zero-order chi connectivity index (χ0) is 18.2. The molecular weight excluding hydrogens is 328 g/mol. The predicted octanol–water partition coefficient (Wildman–Crippen LogP) is 4.03. The van der Waals surface area contributed by atoms with Gasteiger partial charge >= 0.3 is 5.97 Å². The van der Waals surface area contributed by atoms with Crippen LogP contribution in [0.15, 0.2) is 12.3 Å². The van der Waals surface area contributed by atoms with Crippen LogP contribution >= 0.6 is 0 Å². The number of methoxy groups -OCH3 is 1. The molecule has 0 saturated heterocycles. The third-order valence-electron chi connectivity index (χ3n) is 4.52. The number of ether oxygens (including phenoxy) is 2. The lowest BCUT2D eigenvalue weighted by Crippen LogP contribution is -2.14. The second-order valence-corrected chi connectivity index (χ2v) is 6.36. The third-order valence-corrected chi connectivity index (χ3v) is 4.52. The Hall–Kier alpha value is -2.05. The van der Waals surface area contributed by atoms with E-state index in [1.54, 1.807) is 6.08 Å². The fourth-order valence-electron chi connectivity index (χ4n) is 2.80. The molecule has 0 heterocycles. The van der Waals surface area contributed by atoms with Crippen LogP contribution in [0.4, 0.5) is 17.6 Å². The number of hydrogen-bond donors (Lipinski definition) is 0. The summed E-state index contributed by atoms with van der Waals surface area (Å²) in [6.07, 6.45) is 3.13. The average molecular weight is 346 g/mol. The summed E-state index contributed by atoms with van der Waals surface area (Å²) in [5, 5.41) is 0. The Bertz CT molecular complexity index is 669. The molecule has 1 aromatic carbocycles. The van der Waals surface area contributed by atoms with Gasteiger partial charge in [0.25, 0.3) is 0 Å². The van der Waals surface area contributed by atoms with Crippen molar-refractivity contribution < 1.29 is 31.8 Å². The van der Waals surface area contributed by atoms with Crippen LogP contribution in [0.25, 0.3) is 0 Å². The van der Waals surface area contributed by atoms with Gasteiger partial charge < -0.3 is 9.47 Å². The molecule has 1 saturated carbocycles. The number of carbonyl (C=O) groups is 1. The molecule has 0 amide bonds. The average Bonchev–Trinajstić information content (AvgIpc) is 3.09. The number of allylic oxidation sites excluding steroid dienone is 1. The fourth-order valence-corrected chi connectivity index (χ4v) is 2.80. The highest BCUT2D eigenvalue weighted by Crippen LogP contribution is 2.59. The second kappa shape index (κ2) is 6.45. The van der Waals surface area contributed by atoms with E-state index in [9.17, 15) is 22.4 Å². The van der Waals surface area contributed by atoms with E-state index in [0.717, 1.165) is 6.92 Å². The van der Waals surface area contributed by atoms with Gasteiger partial charge in [-0.15, -0.1) is 0 Å². The first-order valence-electron chi connectivity index (χ1n) is 7.32. The smallest absolute Gasteiger partial charge is 0.310 e. The molecule has 0 unspecified atom stereocenters. The molecule has 132 valence electrons. The first-order valence-corrected chi connectivity index (χ1v) is 7.32. The van der Waals surface area contributed by atoms with Gasteiger partial charge in [0.05, 0.1) is 24.9 Å². The monoisotopic (exact) mass is 346 g/mol. The predicted molar refractivity (Wildman–Crippen MR) is 77.7 cm³/mol. The Morgan fingerprint density at radius 2 is 1.67 bits per heavy atom. The van der Waals surface area contributed by atoms with Crippen LogP contribution in [0.3, 0.4) is 0 Å². The fraction of sp³-hybridized carbons (Fsp3) is 0.471. The third kappa shape index (κ3) is 2.99. The van der Waals surface area contributed by atoms with Gasteiger partial charge in [0.2, 0.25) is 0 Å². The quantitative estimate of drug-likeness (QED) is 0.350. The number of rotatable bonds is 5. The molecule has 3 nitrogen and oxygen atoms in total. The molecule has 2 rings (SSSR count). The lowest BCUT2D eigenvalue weighted by Gasteiger charge is -2.10. The molecule has 1 aliphatic rings. The molecule has 7 heteroatoms. The van der Waals surface area contributed by atoms with E-state index < -0.39 is 58.3 Å². The number of hydrogen-bond acceptors (Lipinski definition) is 3. The highest BCUT2D eigenvalue weighted by atomic mass is 19.2. The molecule has 0 radical (unpaired) electrons. The highest BCUT2D eigenvalue weighted by Gasteiger charge is 2.61. The molecule has 0 N–H and O–H groups in total. The van der Waals surface area contributed by atoms with Crippen LogP contribution in [0.5, 0.6) is 0 Å². The van der Waals surface area contributed by atoms with Gasteiger partial charge in [0.1, 0.15) is 6.61 Å². The standard InChI is InChI=1S/C17H18F4O3/c1-8-12(18)14(20)9(15(21)13(8)19)7-24-16(22)11-10(5-6-23-4)17(11,2)3/h5-6,10-11H,7H2,1-4H3/t10-,11+/m0/s1. The van der Waals surface area contributed by atoms with E-state index in [4.69, 9.17) is 9.47 Å². The Kier molecular flexibility index (Phi) is 4.92. The largest absolute Gasteiger partial charge is 0.505 e. The molecular formula is C17H18F4O3. The van der Waals surface area contributed by atoms with Crippen molar-refractivity contribution in [2.24, 2.45) is 17.3 Å². The Labute approximate surface area is 137 Å². The van der Waals surface area contributed by atoms with E-state index >= 15 is 0 Å². The summed E-state index contributed by atoms with van der Waals surface area (Å²) in [5.74, 6) is -7.44. The van der Waals surface area contributed by atoms with E-state index in [-0.39, 0.29) is 5.92 Å². The highest BCUT2D eigenvalue weighted by molar-refractivity contribution is 5.78. The lowest BCUT2D eigenvalue weighted by molar-refractivity contribution is -0.147.